The van der Waals surface area contributed by atoms with E-state index in [9.17, 15) is 9.59 Å². The third-order valence-corrected chi connectivity index (χ3v) is 7.15. The Bertz CT molecular complexity index is 1050. The van der Waals surface area contributed by atoms with Crippen LogP contribution in [0.2, 0.25) is 0 Å². The van der Waals surface area contributed by atoms with Gasteiger partial charge in [0.05, 0.1) is 4.88 Å². The molecule has 1 aliphatic rings. The molecule has 2 aromatic rings. The minimum Gasteiger partial charge on any atom is -0.478 e. The molecule has 1 N–H and O–H groups in total. The molecule has 158 valence electrons. The van der Waals surface area contributed by atoms with Crippen molar-refractivity contribution in [2.45, 2.75) is 60.3 Å². The molecule has 0 fully saturated rings. The number of thiophene rings is 1. The number of carbonyl (C=O) groups excluding carboxylic acids is 1. The van der Waals surface area contributed by atoms with Crippen molar-refractivity contribution in [3.63, 3.8) is 0 Å². The third-order valence-electron chi connectivity index (χ3n) is 5.94. The van der Waals surface area contributed by atoms with Gasteiger partial charge in [0.2, 0.25) is 0 Å². The second kappa shape index (κ2) is 8.73. The molecule has 0 saturated carbocycles. The van der Waals surface area contributed by atoms with E-state index in [1.165, 1.54) is 22.1 Å². The van der Waals surface area contributed by atoms with Gasteiger partial charge in [0, 0.05) is 11.0 Å². The molecule has 0 atom stereocenters. The van der Waals surface area contributed by atoms with E-state index in [4.69, 9.17) is 5.11 Å². The van der Waals surface area contributed by atoms with Crippen LogP contribution < -0.4 is 0 Å². The van der Waals surface area contributed by atoms with Crippen LogP contribution >= 0.6 is 11.3 Å². The smallest absolute Gasteiger partial charge is 0.328 e. The summed E-state index contributed by atoms with van der Waals surface area (Å²) >= 11 is 1.63. The SMILES string of the molecule is CCc1cc(/C=C/C(=O)c2sc(C)c3c2CCC(C)(C)C3)cc(C)c1/C=C/C(=O)O. The summed E-state index contributed by atoms with van der Waals surface area (Å²) in [6.07, 6.45) is 10.3. The molecule has 1 aromatic carbocycles. The van der Waals surface area contributed by atoms with Gasteiger partial charge in [-0.2, -0.15) is 0 Å². The molecule has 3 nitrogen and oxygen atoms in total. The fraction of sp³-hybridized carbons (Fsp3) is 0.385. The normalized spacial score (nSPS) is 15.6. The number of benzene rings is 1. The fourth-order valence-electron chi connectivity index (χ4n) is 4.28. The molecule has 0 spiro atoms. The standard InChI is InChI=1S/C26H30O3S/c1-6-19-14-18(13-16(2)20(19)8-10-24(28)29)7-9-23(27)25-21-11-12-26(4,5)15-22(21)17(3)30-25/h7-10,13-14H,6,11-12,15H2,1-5H3,(H,28,29)/b9-7+,10-8+. The largest absolute Gasteiger partial charge is 0.478 e. The summed E-state index contributed by atoms with van der Waals surface area (Å²) in [5.74, 6) is -0.876. The zero-order valence-corrected chi connectivity index (χ0v) is 19.3. The third kappa shape index (κ3) is 4.81. The second-order valence-corrected chi connectivity index (χ2v) is 10.1. The molecule has 4 heteroatoms. The first-order valence-corrected chi connectivity index (χ1v) is 11.3. The molecule has 1 aromatic heterocycles. The first-order valence-electron chi connectivity index (χ1n) is 10.5. The number of fused-ring (bicyclic) bond motifs is 1. The molecule has 0 bridgehead atoms. The van der Waals surface area contributed by atoms with Gasteiger partial charge < -0.3 is 5.11 Å². The quantitative estimate of drug-likeness (QED) is 0.431. The van der Waals surface area contributed by atoms with Crippen LogP contribution in [0.4, 0.5) is 0 Å². The summed E-state index contributed by atoms with van der Waals surface area (Å²) in [6.45, 7) is 10.8. The minimum atomic E-state index is -0.955. The lowest BCUT2D eigenvalue weighted by molar-refractivity contribution is -0.131. The Morgan fingerprint density at radius 1 is 1.13 bits per heavy atom. The number of aryl methyl sites for hydroxylation is 3. The van der Waals surface area contributed by atoms with Crippen molar-refractivity contribution in [1.29, 1.82) is 0 Å². The Morgan fingerprint density at radius 2 is 1.87 bits per heavy atom. The van der Waals surface area contributed by atoms with Crippen LogP contribution in [0.5, 0.6) is 0 Å². The van der Waals surface area contributed by atoms with Gasteiger partial charge in [-0.05, 0) is 90.5 Å². The van der Waals surface area contributed by atoms with Gasteiger partial charge in [-0.15, -0.1) is 11.3 Å². The van der Waals surface area contributed by atoms with Crippen molar-refractivity contribution in [2.24, 2.45) is 5.41 Å². The zero-order chi connectivity index (χ0) is 22.1. The number of hydrogen-bond acceptors (Lipinski definition) is 3. The van der Waals surface area contributed by atoms with E-state index in [-0.39, 0.29) is 5.78 Å². The number of ketones is 1. The number of allylic oxidation sites excluding steroid dienone is 1. The van der Waals surface area contributed by atoms with Crippen molar-refractivity contribution in [3.8, 4) is 0 Å². The van der Waals surface area contributed by atoms with Gasteiger partial charge in [0.15, 0.2) is 5.78 Å². The Morgan fingerprint density at radius 3 is 2.53 bits per heavy atom. The van der Waals surface area contributed by atoms with E-state index in [0.717, 1.165) is 52.8 Å². The monoisotopic (exact) mass is 422 g/mol. The molecule has 1 aliphatic carbocycles. The number of carbonyl (C=O) groups is 2. The van der Waals surface area contributed by atoms with Crippen LogP contribution in [0.25, 0.3) is 12.2 Å². The summed E-state index contributed by atoms with van der Waals surface area (Å²) in [5.41, 5.74) is 6.93. The van der Waals surface area contributed by atoms with Crippen LogP contribution in [0.1, 0.15) is 75.1 Å². The lowest BCUT2D eigenvalue weighted by Gasteiger charge is -2.30. The van der Waals surface area contributed by atoms with Crippen molar-refractivity contribution < 1.29 is 14.7 Å². The second-order valence-electron chi connectivity index (χ2n) is 8.92. The Hall–Kier alpha value is -2.46. The predicted molar refractivity (Wildman–Crippen MR) is 125 cm³/mol. The van der Waals surface area contributed by atoms with Gasteiger partial charge in [-0.3, -0.25) is 4.79 Å². The number of carboxylic acid groups (broad SMARTS) is 1. The minimum absolute atomic E-state index is 0.0783. The number of rotatable bonds is 6. The lowest BCUT2D eigenvalue weighted by Crippen LogP contribution is -2.22. The maximum absolute atomic E-state index is 13.0. The van der Waals surface area contributed by atoms with Crippen molar-refractivity contribution in [3.05, 3.63) is 67.4 Å². The first kappa shape index (κ1) is 22.2. The molecule has 0 aliphatic heterocycles. The van der Waals surface area contributed by atoms with Gasteiger partial charge in [0.1, 0.15) is 0 Å². The van der Waals surface area contributed by atoms with Crippen molar-refractivity contribution in [1.82, 2.24) is 0 Å². The van der Waals surface area contributed by atoms with Gasteiger partial charge in [-0.1, -0.05) is 39.0 Å². The molecule has 0 amide bonds. The summed E-state index contributed by atoms with van der Waals surface area (Å²) in [7, 11) is 0. The van der Waals surface area contributed by atoms with Gasteiger partial charge >= 0.3 is 5.97 Å². The van der Waals surface area contributed by atoms with Crippen LogP contribution in [0.3, 0.4) is 0 Å². The molecule has 1 heterocycles. The molecule has 3 rings (SSSR count). The summed E-state index contributed by atoms with van der Waals surface area (Å²) in [6, 6.07) is 4.04. The molecule has 30 heavy (non-hydrogen) atoms. The van der Waals surface area contributed by atoms with Crippen molar-refractivity contribution in [2.75, 3.05) is 0 Å². The Balaban J connectivity index is 1.87. The number of aliphatic carboxylic acids is 1. The highest BCUT2D eigenvalue weighted by Gasteiger charge is 2.30. The fourth-order valence-corrected chi connectivity index (χ4v) is 5.42. The maximum Gasteiger partial charge on any atom is 0.328 e. The highest BCUT2D eigenvalue weighted by molar-refractivity contribution is 7.14. The highest BCUT2D eigenvalue weighted by atomic mass is 32.1. The van der Waals surface area contributed by atoms with Crippen LogP contribution in [-0.4, -0.2) is 16.9 Å². The Labute approximate surface area is 183 Å². The average molecular weight is 423 g/mol. The van der Waals surface area contributed by atoms with Gasteiger partial charge in [0.25, 0.3) is 0 Å². The summed E-state index contributed by atoms with van der Waals surface area (Å²) in [5, 5.41) is 8.92. The van der Waals surface area contributed by atoms with Crippen LogP contribution in [-0.2, 0) is 24.1 Å². The van der Waals surface area contributed by atoms with Gasteiger partial charge in [-0.25, -0.2) is 4.79 Å². The van der Waals surface area contributed by atoms with E-state index >= 15 is 0 Å². The molecular formula is C26H30O3S. The number of carboxylic acids is 1. The van der Waals surface area contributed by atoms with E-state index < -0.39 is 5.97 Å². The molecular weight excluding hydrogens is 392 g/mol. The number of hydrogen-bond donors (Lipinski definition) is 1. The lowest BCUT2D eigenvalue weighted by atomic mass is 9.74. The Kier molecular flexibility index (Phi) is 6.47. The summed E-state index contributed by atoms with van der Waals surface area (Å²) in [4.78, 5) is 26.0. The average Bonchev–Trinajstić information content (AvgIpc) is 2.99. The highest BCUT2D eigenvalue weighted by Crippen LogP contribution is 2.41. The van der Waals surface area contributed by atoms with Crippen LogP contribution in [0, 0.1) is 19.3 Å². The van der Waals surface area contributed by atoms with E-state index in [1.54, 1.807) is 23.5 Å². The molecule has 0 saturated heterocycles. The van der Waals surface area contributed by atoms with E-state index in [1.807, 2.05) is 32.1 Å². The van der Waals surface area contributed by atoms with Crippen molar-refractivity contribution >= 4 is 35.2 Å². The molecule has 0 unspecified atom stereocenters. The topological polar surface area (TPSA) is 54.4 Å². The van der Waals surface area contributed by atoms with E-state index in [0.29, 0.717) is 5.41 Å². The first-order chi connectivity index (χ1) is 14.1. The molecule has 0 radical (unpaired) electrons. The predicted octanol–water partition coefficient (Wildman–Crippen LogP) is 6.44. The summed E-state index contributed by atoms with van der Waals surface area (Å²) < 4.78 is 0. The maximum atomic E-state index is 13.0. The zero-order valence-electron chi connectivity index (χ0n) is 18.5. The van der Waals surface area contributed by atoms with Crippen LogP contribution in [0.15, 0.2) is 24.3 Å². The van der Waals surface area contributed by atoms with E-state index in [2.05, 4.69) is 20.8 Å².